The molecule has 0 spiro atoms. The third kappa shape index (κ3) is 8.12. The zero-order valence-electron chi connectivity index (χ0n) is 23.7. The quantitative estimate of drug-likeness (QED) is 0.109. The van der Waals surface area contributed by atoms with Crippen molar-refractivity contribution in [2.75, 3.05) is 0 Å². The van der Waals surface area contributed by atoms with Crippen molar-refractivity contribution in [1.29, 1.82) is 0 Å². The van der Waals surface area contributed by atoms with Gasteiger partial charge in [-0.05, 0) is 35.7 Å². The van der Waals surface area contributed by atoms with Gasteiger partial charge in [0.2, 0.25) is 6.29 Å². The van der Waals surface area contributed by atoms with Crippen LogP contribution in [0, 0.1) is 10.1 Å². The molecule has 1 aliphatic heterocycles. The summed E-state index contributed by atoms with van der Waals surface area (Å²) in [5, 5.41) is 11.1. The molecule has 1 heterocycles. The average molecular weight is 584 g/mol. The van der Waals surface area contributed by atoms with Crippen molar-refractivity contribution in [1.82, 2.24) is 0 Å². The number of hydrogen-bond donors (Lipinski definition) is 0. The lowest BCUT2D eigenvalue weighted by Gasteiger charge is -2.44. The summed E-state index contributed by atoms with van der Waals surface area (Å²) < 4.78 is 31.4. The molecular weight excluding hydrogens is 550 g/mol. The lowest BCUT2D eigenvalue weighted by atomic mass is 9.98. The van der Waals surface area contributed by atoms with E-state index >= 15 is 0 Å². The van der Waals surface area contributed by atoms with Gasteiger partial charge < -0.3 is 23.7 Å². The number of non-ortho nitro benzene ring substituents is 1. The lowest BCUT2D eigenvalue weighted by Crippen LogP contribution is -2.60. The molecule has 9 nitrogen and oxygen atoms in total. The molecule has 5 atom stereocenters. The van der Waals surface area contributed by atoms with E-state index in [9.17, 15) is 14.9 Å². The Balaban J connectivity index is 1.41. The molecule has 222 valence electrons. The molecule has 0 bridgehead atoms. The van der Waals surface area contributed by atoms with Gasteiger partial charge in [0.05, 0.1) is 36.4 Å². The molecule has 1 aliphatic rings. The van der Waals surface area contributed by atoms with Crippen molar-refractivity contribution >= 4 is 11.7 Å². The number of carbonyl (C=O) groups excluding carboxylic acids is 1. The van der Waals surface area contributed by atoms with Crippen molar-refractivity contribution in [3.63, 3.8) is 0 Å². The van der Waals surface area contributed by atoms with Crippen molar-refractivity contribution in [3.8, 4) is 0 Å². The van der Waals surface area contributed by atoms with Crippen LogP contribution in [0.15, 0.2) is 115 Å². The number of ether oxygens (including phenoxy) is 5. The second-order valence-corrected chi connectivity index (χ2v) is 10.2. The van der Waals surface area contributed by atoms with Crippen LogP contribution in [0.1, 0.15) is 34.0 Å². The molecule has 0 aromatic heterocycles. The maximum Gasteiger partial charge on any atom is 0.340 e. The minimum absolute atomic E-state index is 0.129. The van der Waals surface area contributed by atoms with Gasteiger partial charge in [0.1, 0.15) is 18.3 Å². The van der Waals surface area contributed by atoms with Crippen LogP contribution in [0.5, 0.6) is 0 Å². The topological polar surface area (TPSA) is 106 Å². The first-order valence-corrected chi connectivity index (χ1v) is 14.1. The monoisotopic (exact) mass is 583 g/mol. The molecule has 5 rings (SSSR count). The van der Waals surface area contributed by atoms with Gasteiger partial charge >= 0.3 is 5.97 Å². The lowest BCUT2D eigenvalue weighted by molar-refractivity contribution is -0.384. The molecule has 0 amide bonds. The van der Waals surface area contributed by atoms with Gasteiger partial charge in [-0.15, -0.1) is 0 Å². The van der Waals surface area contributed by atoms with Crippen molar-refractivity contribution in [3.05, 3.63) is 148 Å². The Kier molecular flexibility index (Phi) is 10.2. The molecule has 4 aromatic rings. The average Bonchev–Trinajstić information content (AvgIpc) is 3.04. The minimum Gasteiger partial charge on any atom is -0.429 e. The summed E-state index contributed by atoms with van der Waals surface area (Å²) in [6.07, 6.45) is -3.76. The first-order valence-electron chi connectivity index (χ1n) is 14.1. The Hall–Kier alpha value is -4.41. The summed E-state index contributed by atoms with van der Waals surface area (Å²) in [6, 6.07) is 34.4. The van der Waals surface area contributed by atoms with E-state index in [1.807, 2.05) is 97.9 Å². The van der Waals surface area contributed by atoms with Crippen LogP contribution in [0.3, 0.4) is 0 Å². The molecule has 1 saturated heterocycles. The number of benzene rings is 4. The van der Waals surface area contributed by atoms with E-state index in [1.54, 1.807) is 0 Å². The molecule has 0 aliphatic carbocycles. The van der Waals surface area contributed by atoms with Gasteiger partial charge in [-0.3, -0.25) is 10.1 Å². The summed E-state index contributed by atoms with van der Waals surface area (Å²) in [6.45, 7) is 2.65. The van der Waals surface area contributed by atoms with Crippen LogP contribution in [0.2, 0.25) is 0 Å². The molecule has 43 heavy (non-hydrogen) atoms. The maximum atomic E-state index is 13.2. The van der Waals surface area contributed by atoms with E-state index in [0.29, 0.717) is 6.61 Å². The minimum atomic E-state index is -1.14. The van der Waals surface area contributed by atoms with E-state index < -0.39 is 41.6 Å². The summed E-state index contributed by atoms with van der Waals surface area (Å²) in [4.78, 5) is 23.7. The third-order valence-electron chi connectivity index (χ3n) is 7.12. The normalized spacial score (nSPS) is 21.7. The summed E-state index contributed by atoms with van der Waals surface area (Å²) in [5.74, 6) is -0.703. The Labute approximate surface area is 250 Å². The van der Waals surface area contributed by atoms with Gasteiger partial charge in [0.15, 0.2) is 0 Å². The Morgan fingerprint density at radius 1 is 0.674 bits per heavy atom. The Morgan fingerprint density at radius 2 is 1.12 bits per heavy atom. The molecular formula is C34H33NO8. The van der Waals surface area contributed by atoms with E-state index in [2.05, 4.69) is 0 Å². The predicted octanol–water partition coefficient (Wildman–Crippen LogP) is 6.25. The zero-order valence-corrected chi connectivity index (χ0v) is 23.7. The molecule has 9 heteroatoms. The van der Waals surface area contributed by atoms with Crippen LogP contribution in [-0.2, 0) is 43.5 Å². The van der Waals surface area contributed by atoms with Crippen molar-refractivity contribution in [2.24, 2.45) is 0 Å². The third-order valence-corrected chi connectivity index (χ3v) is 7.12. The Morgan fingerprint density at radius 3 is 1.58 bits per heavy atom. The smallest absolute Gasteiger partial charge is 0.340 e. The molecule has 1 unspecified atom stereocenters. The number of nitrogens with zero attached hydrogens (tertiary/aromatic N) is 1. The maximum absolute atomic E-state index is 13.2. The van der Waals surface area contributed by atoms with Crippen molar-refractivity contribution in [2.45, 2.75) is 57.5 Å². The highest BCUT2D eigenvalue weighted by Gasteiger charge is 2.48. The molecule has 0 radical (unpaired) electrons. The van der Waals surface area contributed by atoms with E-state index in [0.717, 1.165) is 16.7 Å². The number of esters is 1. The van der Waals surface area contributed by atoms with Gasteiger partial charge in [-0.25, -0.2) is 4.79 Å². The largest absolute Gasteiger partial charge is 0.429 e. The van der Waals surface area contributed by atoms with Crippen LogP contribution in [0.25, 0.3) is 0 Å². The second kappa shape index (κ2) is 14.7. The fraction of sp³-hybridized carbons (Fsp3) is 0.265. The highest BCUT2D eigenvalue weighted by Crippen LogP contribution is 2.31. The van der Waals surface area contributed by atoms with E-state index in [4.69, 9.17) is 23.7 Å². The van der Waals surface area contributed by atoms with Gasteiger partial charge in [-0.1, -0.05) is 91.0 Å². The number of nitro groups is 1. The van der Waals surface area contributed by atoms with E-state index in [1.165, 1.54) is 24.3 Å². The fourth-order valence-electron chi connectivity index (χ4n) is 4.86. The Bertz CT molecular complexity index is 1450. The van der Waals surface area contributed by atoms with Crippen LogP contribution < -0.4 is 0 Å². The van der Waals surface area contributed by atoms with E-state index in [-0.39, 0.29) is 24.5 Å². The zero-order chi connectivity index (χ0) is 30.0. The predicted molar refractivity (Wildman–Crippen MR) is 158 cm³/mol. The fourth-order valence-corrected chi connectivity index (χ4v) is 4.86. The molecule has 0 saturated carbocycles. The standard InChI is InChI=1S/C34H33NO8/c1-24-30(39-21-25-11-5-2-6-12-25)31(40-22-26-13-7-3-8-14-26)32(41-23-27-15-9-4-10-16-27)34(42-24)43-33(36)28-17-19-29(20-18-28)35(37)38/h2-20,24,30-32,34H,21-23H2,1H3/t24-,30+,31+,32-,34?/m0/s1. The summed E-state index contributed by atoms with van der Waals surface area (Å²) in [5.41, 5.74) is 2.89. The highest BCUT2D eigenvalue weighted by atomic mass is 16.7. The van der Waals surface area contributed by atoms with Crippen LogP contribution >= 0.6 is 0 Å². The van der Waals surface area contributed by atoms with Gasteiger partial charge in [0.25, 0.3) is 5.69 Å². The summed E-state index contributed by atoms with van der Waals surface area (Å²) >= 11 is 0. The molecule has 1 fully saturated rings. The number of rotatable bonds is 12. The first kappa shape index (κ1) is 30.1. The van der Waals surface area contributed by atoms with Crippen LogP contribution in [-0.4, -0.2) is 41.6 Å². The number of carbonyl (C=O) groups is 1. The van der Waals surface area contributed by atoms with Crippen molar-refractivity contribution < 1.29 is 33.4 Å². The summed E-state index contributed by atoms with van der Waals surface area (Å²) in [7, 11) is 0. The second-order valence-electron chi connectivity index (χ2n) is 10.2. The number of nitro benzene ring substituents is 1. The number of hydrogen-bond acceptors (Lipinski definition) is 8. The van der Waals surface area contributed by atoms with Gasteiger partial charge in [-0.2, -0.15) is 0 Å². The van der Waals surface area contributed by atoms with Crippen LogP contribution in [0.4, 0.5) is 5.69 Å². The molecule has 0 N–H and O–H groups in total. The van der Waals surface area contributed by atoms with Gasteiger partial charge in [0, 0.05) is 12.1 Å². The molecule has 4 aromatic carbocycles. The SMILES string of the molecule is C[C@@H]1OC(OC(=O)c2ccc([N+](=O)[O-])cc2)[C@@H](OCc2ccccc2)[C@H](OCc2ccccc2)[C@@H]1OCc1ccccc1. The highest BCUT2D eigenvalue weighted by molar-refractivity contribution is 5.89. The first-order chi connectivity index (χ1) is 21.0.